The van der Waals surface area contributed by atoms with Gasteiger partial charge in [-0.15, -0.1) is 0 Å². The van der Waals surface area contributed by atoms with Crippen molar-refractivity contribution in [1.29, 1.82) is 0 Å². The third kappa shape index (κ3) is 5.13. The Balaban J connectivity index is 1.40. The summed E-state index contributed by atoms with van der Waals surface area (Å²) in [6.07, 6.45) is 4.33. The topological polar surface area (TPSA) is 65.1 Å². The Bertz CT molecular complexity index is 1560. The molecule has 3 aliphatic rings. The van der Waals surface area contributed by atoms with Crippen LogP contribution in [0.2, 0.25) is 0 Å². The minimum absolute atomic E-state index is 0.137. The number of benzene rings is 3. The molecule has 0 spiro atoms. The zero-order valence-corrected chi connectivity index (χ0v) is 24.8. The van der Waals surface area contributed by atoms with Crippen LogP contribution in [0.15, 0.2) is 77.1 Å². The largest absolute Gasteiger partial charge is 0.490 e. The zero-order chi connectivity index (χ0) is 29.2. The Kier molecular flexibility index (Phi) is 8.16. The first-order valence-electron chi connectivity index (χ1n) is 15.2. The van der Waals surface area contributed by atoms with Gasteiger partial charge in [0, 0.05) is 60.5 Å². The summed E-state index contributed by atoms with van der Waals surface area (Å²) in [6.45, 7) is 6.13. The molecular weight excluding hydrogens is 526 g/mol. The molecule has 1 aliphatic heterocycles. The summed E-state index contributed by atoms with van der Waals surface area (Å²) in [7, 11) is 1.69. The Morgan fingerprint density at radius 1 is 0.833 bits per heavy atom. The number of Topliss-reactive ketones (excluding diaryl/α,β-unsaturated/α-hetero) is 2. The average molecular weight is 566 g/mol. The van der Waals surface area contributed by atoms with E-state index in [2.05, 4.69) is 42.2 Å². The van der Waals surface area contributed by atoms with Gasteiger partial charge in [-0.25, -0.2) is 0 Å². The van der Waals surface area contributed by atoms with E-state index in [0.717, 1.165) is 59.4 Å². The fourth-order valence-corrected chi connectivity index (χ4v) is 6.88. The standard InChI is InChI=1S/C36H39NO5/c1-4-41-33-21-25(17-18-32(33)42-22-27-23(2)15-16-24-9-5-6-10-26(24)27)34-35-28(11-7-13-30(35)38)37(19-20-40-3)29-12-8-14-31(39)36(29)34/h5-6,9-10,15-18,21,34H,4,7-8,11-14,19-20,22H2,1-3H3. The van der Waals surface area contributed by atoms with Gasteiger partial charge in [-0.2, -0.15) is 0 Å². The zero-order valence-electron chi connectivity index (χ0n) is 24.8. The van der Waals surface area contributed by atoms with Crippen molar-refractivity contribution in [2.45, 2.75) is 64.9 Å². The summed E-state index contributed by atoms with van der Waals surface area (Å²) in [5.74, 6) is 1.17. The molecule has 2 aliphatic carbocycles. The summed E-state index contributed by atoms with van der Waals surface area (Å²) >= 11 is 0. The van der Waals surface area contributed by atoms with Crippen LogP contribution in [0.4, 0.5) is 0 Å². The van der Waals surface area contributed by atoms with Gasteiger partial charge >= 0.3 is 0 Å². The number of methoxy groups -OCH3 is 1. The van der Waals surface area contributed by atoms with Gasteiger partial charge in [0.2, 0.25) is 0 Å². The van der Waals surface area contributed by atoms with E-state index in [0.29, 0.717) is 50.7 Å². The number of nitrogens with zero attached hydrogens (tertiary/aromatic N) is 1. The summed E-state index contributed by atoms with van der Waals surface area (Å²) in [5, 5.41) is 2.36. The fourth-order valence-electron chi connectivity index (χ4n) is 6.88. The first-order chi connectivity index (χ1) is 20.5. The maximum absolute atomic E-state index is 13.6. The van der Waals surface area contributed by atoms with Crippen molar-refractivity contribution in [1.82, 2.24) is 4.90 Å². The highest BCUT2D eigenvalue weighted by molar-refractivity contribution is 6.06. The highest BCUT2D eigenvalue weighted by Gasteiger charge is 2.43. The number of rotatable bonds is 9. The van der Waals surface area contributed by atoms with Gasteiger partial charge in [0.05, 0.1) is 13.2 Å². The van der Waals surface area contributed by atoms with E-state index < -0.39 is 0 Å². The van der Waals surface area contributed by atoms with Crippen LogP contribution < -0.4 is 9.47 Å². The SMILES string of the molecule is CCOc1cc(C2C3=C(CCCC3=O)N(CCOC)C3=C2C(=O)CCC3)ccc1OCc1c(C)ccc2ccccc12. The first-order valence-corrected chi connectivity index (χ1v) is 15.2. The van der Waals surface area contributed by atoms with Crippen molar-refractivity contribution < 1.29 is 23.8 Å². The lowest BCUT2D eigenvalue weighted by atomic mass is 9.71. The molecule has 0 fully saturated rings. The highest BCUT2D eigenvalue weighted by atomic mass is 16.5. The molecule has 3 aromatic carbocycles. The molecule has 42 heavy (non-hydrogen) atoms. The van der Waals surface area contributed by atoms with Crippen LogP contribution >= 0.6 is 0 Å². The number of fused-ring (bicyclic) bond motifs is 1. The van der Waals surface area contributed by atoms with Crippen LogP contribution in [0.25, 0.3) is 10.8 Å². The summed E-state index contributed by atoms with van der Waals surface area (Å²) in [6, 6.07) is 18.6. The molecule has 1 heterocycles. The van der Waals surface area contributed by atoms with E-state index in [4.69, 9.17) is 14.2 Å². The van der Waals surface area contributed by atoms with Gasteiger partial charge in [0.1, 0.15) is 6.61 Å². The number of carbonyl (C=O) groups is 2. The number of hydrogen-bond acceptors (Lipinski definition) is 6. The number of ether oxygens (including phenoxy) is 3. The van der Waals surface area contributed by atoms with Crippen LogP contribution in [-0.2, 0) is 20.9 Å². The van der Waals surface area contributed by atoms with Crippen LogP contribution in [0.3, 0.4) is 0 Å². The quantitative estimate of drug-likeness (QED) is 0.274. The normalized spacial score (nSPS) is 17.5. The van der Waals surface area contributed by atoms with E-state index in [1.54, 1.807) is 7.11 Å². The van der Waals surface area contributed by atoms with Crippen molar-refractivity contribution in [2.24, 2.45) is 0 Å². The van der Waals surface area contributed by atoms with E-state index in [1.165, 1.54) is 16.3 Å². The fraction of sp³-hybridized carbons (Fsp3) is 0.389. The molecule has 6 rings (SSSR count). The van der Waals surface area contributed by atoms with Crippen molar-refractivity contribution in [3.63, 3.8) is 0 Å². The summed E-state index contributed by atoms with van der Waals surface area (Å²) in [4.78, 5) is 29.4. The van der Waals surface area contributed by atoms with E-state index >= 15 is 0 Å². The Labute approximate surface area is 247 Å². The minimum atomic E-state index is -0.386. The Hall–Kier alpha value is -3.90. The maximum Gasteiger partial charge on any atom is 0.161 e. The lowest BCUT2D eigenvalue weighted by Crippen LogP contribution is -2.40. The van der Waals surface area contributed by atoms with Crippen LogP contribution in [0.1, 0.15) is 68.1 Å². The van der Waals surface area contributed by atoms with E-state index in [-0.39, 0.29) is 17.5 Å². The average Bonchev–Trinajstić information content (AvgIpc) is 3.00. The lowest BCUT2D eigenvalue weighted by Gasteiger charge is -2.44. The molecule has 0 amide bonds. The molecule has 0 saturated heterocycles. The predicted molar refractivity (Wildman–Crippen MR) is 164 cm³/mol. The molecule has 0 radical (unpaired) electrons. The van der Waals surface area contributed by atoms with Crippen LogP contribution in [0, 0.1) is 6.92 Å². The minimum Gasteiger partial charge on any atom is -0.490 e. The third-order valence-electron chi connectivity index (χ3n) is 8.85. The summed E-state index contributed by atoms with van der Waals surface area (Å²) in [5.41, 5.74) is 6.90. The van der Waals surface area contributed by atoms with E-state index in [9.17, 15) is 9.59 Å². The van der Waals surface area contributed by atoms with Crippen LogP contribution in [0.5, 0.6) is 11.5 Å². The van der Waals surface area contributed by atoms with Crippen molar-refractivity contribution in [3.05, 3.63) is 93.8 Å². The second kappa shape index (κ2) is 12.1. The van der Waals surface area contributed by atoms with Crippen molar-refractivity contribution >= 4 is 22.3 Å². The highest BCUT2D eigenvalue weighted by Crippen LogP contribution is 2.50. The molecule has 0 atom stereocenters. The van der Waals surface area contributed by atoms with Crippen molar-refractivity contribution in [3.8, 4) is 11.5 Å². The predicted octanol–water partition coefficient (Wildman–Crippen LogP) is 7.19. The first kappa shape index (κ1) is 28.2. The molecule has 218 valence electrons. The molecule has 0 N–H and O–H groups in total. The van der Waals surface area contributed by atoms with E-state index in [1.807, 2.05) is 31.2 Å². The van der Waals surface area contributed by atoms with Gasteiger partial charge in [-0.3, -0.25) is 9.59 Å². The molecule has 0 unspecified atom stereocenters. The molecule has 0 bridgehead atoms. The molecular formula is C36H39NO5. The molecule has 0 aromatic heterocycles. The second-order valence-electron chi connectivity index (χ2n) is 11.4. The van der Waals surface area contributed by atoms with Crippen LogP contribution in [-0.4, -0.2) is 43.3 Å². The summed E-state index contributed by atoms with van der Waals surface area (Å²) < 4.78 is 18.0. The molecule has 3 aromatic rings. The van der Waals surface area contributed by atoms with Gasteiger partial charge in [-0.05, 0) is 73.6 Å². The lowest BCUT2D eigenvalue weighted by molar-refractivity contribution is -0.117. The smallest absolute Gasteiger partial charge is 0.161 e. The molecule has 0 saturated carbocycles. The third-order valence-corrected chi connectivity index (χ3v) is 8.85. The number of hydrogen-bond donors (Lipinski definition) is 0. The Morgan fingerprint density at radius 2 is 1.55 bits per heavy atom. The Morgan fingerprint density at radius 3 is 2.24 bits per heavy atom. The number of ketones is 2. The van der Waals surface area contributed by atoms with Gasteiger partial charge in [-0.1, -0.05) is 42.5 Å². The molecule has 6 heteroatoms. The number of carbonyl (C=O) groups excluding carboxylic acids is 2. The van der Waals surface area contributed by atoms with Gasteiger partial charge in [0.25, 0.3) is 0 Å². The van der Waals surface area contributed by atoms with Gasteiger partial charge in [0.15, 0.2) is 23.1 Å². The van der Waals surface area contributed by atoms with Crippen molar-refractivity contribution in [2.75, 3.05) is 26.9 Å². The monoisotopic (exact) mass is 565 g/mol. The number of allylic oxidation sites excluding steroid dienone is 4. The number of aryl methyl sites for hydroxylation is 1. The second-order valence-corrected chi connectivity index (χ2v) is 11.4. The van der Waals surface area contributed by atoms with Gasteiger partial charge < -0.3 is 19.1 Å². The molecule has 6 nitrogen and oxygen atoms in total. The maximum atomic E-state index is 13.6.